The minimum atomic E-state index is -0.180. The van der Waals surface area contributed by atoms with Crippen LogP contribution < -0.4 is 10.6 Å². The number of hydrogen-bond donors (Lipinski definition) is 2. The Kier molecular flexibility index (Phi) is 13.2. The summed E-state index contributed by atoms with van der Waals surface area (Å²) >= 11 is 6.01. The summed E-state index contributed by atoms with van der Waals surface area (Å²) < 4.78 is 0. The first-order valence-corrected chi connectivity index (χ1v) is 8.61. The maximum absolute atomic E-state index is 12.1. The lowest BCUT2D eigenvalue weighted by Crippen LogP contribution is -2.40. The van der Waals surface area contributed by atoms with Crippen molar-refractivity contribution < 1.29 is 4.79 Å². The maximum atomic E-state index is 12.1. The van der Waals surface area contributed by atoms with Gasteiger partial charge in [0.1, 0.15) is 0 Å². The number of hydrogen-bond acceptors (Lipinski definition) is 2. The lowest BCUT2D eigenvalue weighted by atomic mass is 10.2. The summed E-state index contributed by atoms with van der Waals surface area (Å²) in [5.41, 5.74) is 0.483. The second kappa shape index (κ2) is 13.9. The van der Waals surface area contributed by atoms with Crippen molar-refractivity contribution in [3.63, 3.8) is 0 Å². The minimum absolute atomic E-state index is 0. The summed E-state index contributed by atoms with van der Waals surface area (Å²) in [5.74, 6) is 0.661. The van der Waals surface area contributed by atoms with Crippen molar-refractivity contribution >= 4 is 47.4 Å². The number of carbonyl (C=O) groups is 1. The van der Waals surface area contributed by atoms with Crippen LogP contribution in [0, 0.1) is 0 Å². The van der Waals surface area contributed by atoms with Crippen LogP contribution in [0.15, 0.2) is 41.9 Å². The topological polar surface area (TPSA) is 56.7 Å². The molecule has 0 heterocycles. The van der Waals surface area contributed by atoms with E-state index in [0.29, 0.717) is 23.7 Å². The van der Waals surface area contributed by atoms with E-state index in [1.807, 2.05) is 20.0 Å². The predicted molar refractivity (Wildman–Crippen MR) is 117 cm³/mol. The quantitative estimate of drug-likeness (QED) is 0.188. The first-order chi connectivity index (χ1) is 11.6. The molecule has 0 spiro atoms. The van der Waals surface area contributed by atoms with E-state index in [1.165, 1.54) is 0 Å². The smallest absolute Gasteiger partial charge is 0.252 e. The van der Waals surface area contributed by atoms with Crippen LogP contribution in [-0.2, 0) is 0 Å². The Bertz CT molecular complexity index is 566. The Labute approximate surface area is 172 Å². The van der Waals surface area contributed by atoms with Gasteiger partial charge in [0.2, 0.25) is 0 Å². The summed E-state index contributed by atoms with van der Waals surface area (Å²) in [6.45, 7) is 8.44. The number of nitrogens with zero attached hydrogens (tertiary/aromatic N) is 2. The zero-order valence-electron chi connectivity index (χ0n) is 14.9. The molecular weight excluding hydrogens is 451 g/mol. The molecule has 0 bridgehead atoms. The van der Waals surface area contributed by atoms with Gasteiger partial charge in [-0.1, -0.05) is 29.8 Å². The zero-order chi connectivity index (χ0) is 17.8. The normalized spacial score (nSPS) is 10.6. The van der Waals surface area contributed by atoms with Gasteiger partial charge in [-0.05, 0) is 31.9 Å². The van der Waals surface area contributed by atoms with Crippen molar-refractivity contribution in [3.8, 4) is 0 Å². The molecule has 0 radical (unpaired) electrons. The van der Waals surface area contributed by atoms with Gasteiger partial charge in [-0.2, -0.15) is 0 Å². The molecule has 5 nitrogen and oxygen atoms in total. The van der Waals surface area contributed by atoms with Crippen LogP contribution in [-0.4, -0.2) is 50.0 Å². The number of halogens is 2. The fraction of sp³-hybridized carbons (Fsp3) is 0.444. The molecule has 0 saturated carbocycles. The van der Waals surface area contributed by atoms with Crippen molar-refractivity contribution in [1.82, 2.24) is 15.5 Å². The maximum Gasteiger partial charge on any atom is 0.252 e. The molecule has 0 saturated heterocycles. The van der Waals surface area contributed by atoms with Crippen LogP contribution in [0.3, 0.4) is 0 Å². The Morgan fingerprint density at radius 3 is 2.72 bits per heavy atom. The van der Waals surface area contributed by atoms with Crippen molar-refractivity contribution in [3.05, 3.63) is 47.5 Å². The number of benzene rings is 1. The molecule has 0 aromatic heterocycles. The van der Waals surface area contributed by atoms with Crippen LogP contribution in [0.4, 0.5) is 0 Å². The van der Waals surface area contributed by atoms with E-state index in [4.69, 9.17) is 11.6 Å². The third-order valence-electron chi connectivity index (χ3n) is 3.38. The highest BCUT2D eigenvalue weighted by molar-refractivity contribution is 14.0. The first kappa shape index (κ1) is 23.7. The molecule has 1 amide bonds. The zero-order valence-corrected chi connectivity index (χ0v) is 18.0. The van der Waals surface area contributed by atoms with Gasteiger partial charge in [0, 0.05) is 26.7 Å². The van der Waals surface area contributed by atoms with Crippen LogP contribution in [0.1, 0.15) is 30.1 Å². The van der Waals surface area contributed by atoms with Crippen molar-refractivity contribution in [2.24, 2.45) is 4.99 Å². The lowest BCUT2D eigenvalue weighted by molar-refractivity contribution is 0.0955. The molecular formula is C18H28ClIN4O. The van der Waals surface area contributed by atoms with Crippen LogP contribution >= 0.6 is 35.6 Å². The second-order valence-corrected chi connectivity index (χ2v) is 5.73. The third-order valence-corrected chi connectivity index (χ3v) is 3.71. The Balaban J connectivity index is 0.00000576. The van der Waals surface area contributed by atoms with Crippen LogP contribution in [0.25, 0.3) is 0 Å². The summed E-state index contributed by atoms with van der Waals surface area (Å²) in [6.07, 6.45) is 3.94. The van der Waals surface area contributed by atoms with Gasteiger partial charge < -0.3 is 15.5 Å². The number of nitrogens with one attached hydrogen (secondary N) is 2. The molecule has 0 unspecified atom stereocenters. The number of rotatable bonds is 9. The molecule has 2 N–H and O–H groups in total. The van der Waals surface area contributed by atoms with Gasteiger partial charge in [0.15, 0.2) is 5.96 Å². The summed E-state index contributed by atoms with van der Waals surface area (Å²) in [5, 5.41) is 6.55. The van der Waals surface area contributed by atoms with Gasteiger partial charge in [-0.15, -0.1) is 30.6 Å². The van der Waals surface area contributed by atoms with E-state index in [1.54, 1.807) is 24.3 Å². The average molecular weight is 479 g/mol. The largest absolute Gasteiger partial charge is 0.357 e. The SMILES string of the molecule is C=CCCCN(C)C(=NCCNC(=O)c1ccccc1Cl)NCC.I. The van der Waals surface area contributed by atoms with Crippen molar-refractivity contribution in [1.29, 1.82) is 0 Å². The highest BCUT2D eigenvalue weighted by Crippen LogP contribution is 2.14. The van der Waals surface area contributed by atoms with Gasteiger partial charge in [0.05, 0.1) is 17.1 Å². The Morgan fingerprint density at radius 2 is 2.08 bits per heavy atom. The fourth-order valence-corrected chi connectivity index (χ4v) is 2.34. The van der Waals surface area contributed by atoms with E-state index in [9.17, 15) is 4.79 Å². The van der Waals surface area contributed by atoms with E-state index >= 15 is 0 Å². The standard InChI is InChI=1S/C18H27ClN4O.HI/c1-4-6-9-14-23(3)18(20-5-2)22-13-12-21-17(24)15-10-7-8-11-16(15)19;/h4,7-8,10-11H,1,5-6,9,12-14H2,2-3H3,(H,20,22)(H,21,24);1H. The first-order valence-electron chi connectivity index (χ1n) is 8.23. The summed E-state index contributed by atoms with van der Waals surface area (Å²) in [4.78, 5) is 18.7. The molecule has 1 aromatic rings. The summed E-state index contributed by atoms with van der Waals surface area (Å²) in [7, 11) is 2.01. The van der Waals surface area contributed by atoms with Crippen molar-refractivity contribution in [2.75, 3.05) is 33.2 Å². The molecule has 0 fully saturated rings. The van der Waals surface area contributed by atoms with E-state index in [2.05, 4.69) is 27.1 Å². The highest BCUT2D eigenvalue weighted by atomic mass is 127. The van der Waals surface area contributed by atoms with Crippen molar-refractivity contribution in [2.45, 2.75) is 19.8 Å². The molecule has 140 valence electrons. The number of aliphatic imine (C=N–C) groups is 1. The van der Waals surface area contributed by atoms with Gasteiger partial charge in [-0.3, -0.25) is 9.79 Å². The molecule has 0 aliphatic carbocycles. The predicted octanol–water partition coefficient (Wildman–Crippen LogP) is 3.55. The average Bonchev–Trinajstić information content (AvgIpc) is 2.58. The molecule has 0 aliphatic heterocycles. The van der Waals surface area contributed by atoms with Gasteiger partial charge in [0.25, 0.3) is 5.91 Å². The number of amides is 1. The molecule has 0 atom stereocenters. The fourth-order valence-electron chi connectivity index (χ4n) is 2.12. The van der Waals surface area contributed by atoms with E-state index < -0.39 is 0 Å². The van der Waals surface area contributed by atoms with E-state index in [0.717, 1.165) is 31.9 Å². The minimum Gasteiger partial charge on any atom is -0.357 e. The number of guanidine groups is 1. The molecule has 25 heavy (non-hydrogen) atoms. The molecule has 7 heteroatoms. The molecule has 1 rings (SSSR count). The Hall–Kier alpha value is -1.28. The van der Waals surface area contributed by atoms with Gasteiger partial charge in [-0.25, -0.2) is 0 Å². The molecule has 1 aromatic carbocycles. The van der Waals surface area contributed by atoms with Gasteiger partial charge >= 0.3 is 0 Å². The lowest BCUT2D eigenvalue weighted by Gasteiger charge is -2.21. The van der Waals surface area contributed by atoms with Crippen LogP contribution in [0.2, 0.25) is 5.02 Å². The van der Waals surface area contributed by atoms with Crippen LogP contribution in [0.5, 0.6) is 0 Å². The Morgan fingerprint density at radius 1 is 1.36 bits per heavy atom. The molecule has 0 aliphatic rings. The monoisotopic (exact) mass is 478 g/mol. The summed E-state index contributed by atoms with van der Waals surface area (Å²) in [6, 6.07) is 7.00. The highest BCUT2D eigenvalue weighted by Gasteiger charge is 2.08. The number of allylic oxidation sites excluding steroid dienone is 1. The number of unbranched alkanes of at least 4 members (excludes halogenated alkanes) is 1. The number of carbonyl (C=O) groups excluding carboxylic acids is 1. The third kappa shape index (κ3) is 9.11. The van der Waals surface area contributed by atoms with E-state index in [-0.39, 0.29) is 29.9 Å². The second-order valence-electron chi connectivity index (χ2n) is 5.32.